The molecular formula is C59H58Cl4N8O8S2. The summed E-state index contributed by atoms with van der Waals surface area (Å²) >= 11 is 29.4. The zero-order valence-corrected chi connectivity index (χ0v) is 49.3. The van der Waals surface area contributed by atoms with Crippen LogP contribution in [0.1, 0.15) is 132 Å². The largest absolute Gasteiger partial charge is 0.494 e. The van der Waals surface area contributed by atoms with Gasteiger partial charge in [-0.15, -0.1) is 0 Å². The first-order valence-electron chi connectivity index (χ1n) is 27.5. The number of ether oxygens (including phenoxy) is 3. The number of nitrogens with one attached hydrogen (secondary N) is 2. The summed E-state index contributed by atoms with van der Waals surface area (Å²) in [6.07, 6.45) is 13.0. The molecule has 22 heteroatoms. The van der Waals surface area contributed by atoms with Gasteiger partial charge in [0.1, 0.15) is 45.4 Å². The van der Waals surface area contributed by atoms with Crippen LogP contribution in [0.15, 0.2) is 69.7 Å². The van der Waals surface area contributed by atoms with Crippen LogP contribution in [0.4, 0.5) is 10.3 Å². The Labute approximate surface area is 495 Å². The van der Waals surface area contributed by atoms with Crippen LogP contribution in [0.5, 0.6) is 11.5 Å². The van der Waals surface area contributed by atoms with E-state index in [1.54, 1.807) is 55.1 Å². The van der Waals surface area contributed by atoms with Crippen molar-refractivity contribution in [2.75, 3.05) is 31.1 Å². The third-order valence-electron chi connectivity index (χ3n) is 17.0. The molecule has 4 unspecified atom stereocenters. The molecule has 4 aromatic heterocycles. The Hall–Kier alpha value is -5.70. The minimum absolute atomic E-state index is 0.210. The lowest BCUT2D eigenvalue weighted by molar-refractivity contribution is 0.0599. The van der Waals surface area contributed by atoms with Crippen LogP contribution >= 0.6 is 69.1 Å². The third-order valence-corrected chi connectivity index (χ3v) is 20.3. The monoisotopic (exact) mass is 1210 g/mol. The molecule has 3 N–H and O–H groups in total. The van der Waals surface area contributed by atoms with Crippen molar-refractivity contribution in [3.8, 4) is 34.0 Å². The number of esters is 1. The number of carboxylic acid groups (broad SMARTS) is 1. The number of anilines is 2. The Kier molecular flexibility index (Phi) is 15.1. The average Bonchev–Trinajstić information content (AvgIpc) is 4.25. The van der Waals surface area contributed by atoms with Crippen molar-refractivity contribution < 1.29 is 38.0 Å². The van der Waals surface area contributed by atoms with E-state index in [0.29, 0.717) is 98.3 Å². The van der Waals surface area contributed by atoms with Gasteiger partial charge in [-0.05, 0) is 126 Å². The van der Waals surface area contributed by atoms with Gasteiger partial charge in [0, 0.05) is 83.4 Å². The smallest absolute Gasteiger partial charge is 0.338 e. The second kappa shape index (κ2) is 22.5. The molecule has 8 aromatic rings. The number of benzene rings is 4. The van der Waals surface area contributed by atoms with Gasteiger partial charge in [-0.25, -0.2) is 19.6 Å². The molecule has 2 aliphatic carbocycles. The molecule has 8 heterocycles. The molecular weight excluding hydrogens is 1150 g/mol. The van der Waals surface area contributed by atoms with E-state index < -0.39 is 5.97 Å². The summed E-state index contributed by atoms with van der Waals surface area (Å²) < 4.78 is 29.5. The van der Waals surface area contributed by atoms with Crippen molar-refractivity contribution in [1.82, 2.24) is 30.9 Å². The molecule has 4 aromatic carbocycles. The fourth-order valence-electron chi connectivity index (χ4n) is 12.8. The zero-order valence-electron chi connectivity index (χ0n) is 44.6. The fourth-order valence-corrected chi connectivity index (χ4v) is 16.3. The molecule has 4 bridgehead atoms. The predicted octanol–water partition coefficient (Wildman–Crippen LogP) is 14.4. The number of thiazole rings is 2. The summed E-state index contributed by atoms with van der Waals surface area (Å²) in [5, 5.41) is 30.3. The van der Waals surface area contributed by atoms with E-state index in [9.17, 15) is 14.7 Å². The molecule has 0 spiro atoms. The van der Waals surface area contributed by atoms with Crippen LogP contribution in [0.2, 0.25) is 20.1 Å². The molecule has 6 fully saturated rings. The van der Waals surface area contributed by atoms with E-state index >= 15 is 0 Å². The number of piperidine rings is 2. The van der Waals surface area contributed by atoms with E-state index in [4.69, 9.17) is 79.6 Å². The third kappa shape index (κ3) is 10.5. The number of carbonyl (C=O) groups is 2. The minimum atomic E-state index is -0.972. The standard InChI is InChI=1S/C30H30Cl2N4O4S.C29H28Cl2N4O4S/c1-38-23-10-16(29(37)39-2)11-24-27(23)34-30(41-24)36-18-8-9-19(36)13-17(12-18)33-14-20-26(35-40-28(20)15-6-7-15)25-21(31)4-3-5-22(25)32;1-38-22-9-15(28(36)37)10-23-26(22)33-29(40-23)35-17-7-8-18(35)12-16(11-17)32-13-19-25(34-39-27(19)14-5-6-14)24-20(30)3-2-4-21(24)31/h3-5,10-11,15,17-19,33H,6-9,12-14H2,1-2H3;2-4,9-10,14,16-18,32H,5-8,11-13H2,1H3,(H,36,37). The van der Waals surface area contributed by atoms with Gasteiger partial charge < -0.3 is 48.8 Å². The summed E-state index contributed by atoms with van der Waals surface area (Å²) in [6.45, 7) is 1.30. The van der Waals surface area contributed by atoms with Gasteiger partial charge in [0.15, 0.2) is 10.3 Å². The maximum Gasteiger partial charge on any atom is 0.338 e. The molecule has 0 radical (unpaired) electrons. The van der Waals surface area contributed by atoms with Gasteiger partial charge in [0.25, 0.3) is 0 Å². The molecule has 0 amide bonds. The van der Waals surface area contributed by atoms with Crippen molar-refractivity contribution in [2.45, 2.75) is 138 Å². The Morgan fingerprint density at radius 3 is 1.37 bits per heavy atom. The Bertz CT molecular complexity index is 3660. The molecule has 6 aliphatic rings. The summed E-state index contributed by atoms with van der Waals surface area (Å²) in [7, 11) is 4.54. The maximum absolute atomic E-state index is 12.2. The summed E-state index contributed by atoms with van der Waals surface area (Å²) in [5.41, 5.74) is 7.24. The SMILES string of the molecule is COC(=O)c1cc(OC)c2nc(N3C4CCC3CC(NCc3c(-c5c(Cl)cccc5Cl)noc3C3CC3)C4)sc2c1.COc1cc(C(=O)O)cc2sc(N3C4CCC3CC(NCc3c(-c5c(Cl)cccc5Cl)noc3C3CC3)C4)nc12. The second-order valence-electron chi connectivity index (χ2n) is 22.0. The number of rotatable bonds is 16. The molecule has 16 nitrogen and oxygen atoms in total. The van der Waals surface area contributed by atoms with Crippen LogP contribution in [-0.2, 0) is 17.8 Å². The Balaban J connectivity index is 0.000000153. The Morgan fingerprint density at radius 2 is 1.00 bits per heavy atom. The lowest BCUT2D eigenvalue weighted by atomic mass is 9.97. The van der Waals surface area contributed by atoms with Crippen molar-refractivity contribution in [3.63, 3.8) is 0 Å². The minimum Gasteiger partial charge on any atom is -0.494 e. The van der Waals surface area contributed by atoms with E-state index in [1.807, 2.05) is 42.5 Å². The summed E-state index contributed by atoms with van der Waals surface area (Å²) in [6, 6.07) is 20.0. The van der Waals surface area contributed by atoms with Crippen molar-refractivity contribution >= 4 is 112 Å². The van der Waals surface area contributed by atoms with E-state index in [1.165, 1.54) is 7.11 Å². The van der Waals surface area contributed by atoms with Gasteiger partial charge in [-0.2, -0.15) is 0 Å². The van der Waals surface area contributed by atoms with Crippen LogP contribution < -0.4 is 29.9 Å². The van der Waals surface area contributed by atoms with E-state index in [-0.39, 0.29) is 11.5 Å². The molecule has 4 saturated heterocycles. The van der Waals surface area contributed by atoms with Gasteiger partial charge in [-0.1, -0.05) is 91.5 Å². The number of hydrogen-bond acceptors (Lipinski definition) is 17. The molecule has 4 aliphatic heterocycles. The Morgan fingerprint density at radius 1 is 0.605 bits per heavy atom. The van der Waals surface area contributed by atoms with Gasteiger partial charge in [0.2, 0.25) is 0 Å². The van der Waals surface area contributed by atoms with Crippen LogP contribution in [0.25, 0.3) is 42.9 Å². The summed E-state index contributed by atoms with van der Waals surface area (Å²) in [5.74, 6) is 2.46. The highest BCUT2D eigenvalue weighted by Crippen LogP contribution is 2.50. The number of nitrogens with zero attached hydrogens (tertiary/aromatic N) is 6. The number of fused-ring (bicyclic) bond motifs is 6. The molecule has 14 rings (SSSR count). The number of hydrogen-bond donors (Lipinski definition) is 3. The highest BCUT2D eigenvalue weighted by Gasteiger charge is 2.45. The van der Waals surface area contributed by atoms with Gasteiger partial charge in [-0.3, -0.25) is 0 Å². The van der Waals surface area contributed by atoms with Crippen molar-refractivity contribution in [1.29, 1.82) is 0 Å². The van der Waals surface area contributed by atoms with Crippen molar-refractivity contribution in [3.05, 3.63) is 115 Å². The summed E-state index contributed by atoms with van der Waals surface area (Å²) in [4.78, 5) is 38.6. The van der Waals surface area contributed by atoms with Gasteiger partial charge >= 0.3 is 11.9 Å². The predicted molar refractivity (Wildman–Crippen MR) is 317 cm³/mol. The normalized spacial score (nSPS) is 22.1. The topological polar surface area (TPSA) is 190 Å². The van der Waals surface area contributed by atoms with Gasteiger partial charge in [0.05, 0.1) is 61.9 Å². The number of methoxy groups -OCH3 is 3. The lowest BCUT2D eigenvalue weighted by Crippen LogP contribution is -2.49. The van der Waals surface area contributed by atoms with Crippen LogP contribution in [0.3, 0.4) is 0 Å². The number of halogens is 4. The average molecular weight is 1210 g/mol. The molecule has 422 valence electrons. The van der Waals surface area contributed by atoms with E-state index in [2.05, 4.69) is 30.7 Å². The zero-order chi connectivity index (χ0) is 55.8. The van der Waals surface area contributed by atoms with Crippen molar-refractivity contribution in [2.24, 2.45) is 0 Å². The number of carboxylic acids is 1. The number of carbonyl (C=O) groups excluding carboxylic acids is 1. The molecule has 4 atom stereocenters. The molecule has 81 heavy (non-hydrogen) atoms. The first kappa shape index (κ1) is 54.5. The number of aromatic nitrogens is 4. The first-order chi connectivity index (χ1) is 39.4. The fraction of sp³-hybridized carbons (Fsp3) is 0.424. The highest BCUT2D eigenvalue weighted by molar-refractivity contribution is 7.22. The maximum atomic E-state index is 12.2. The highest BCUT2D eigenvalue weighted by atomic mass is 35.5. The second-order valence-corrected chi connectivity index (χ2v) is 25.7. The number of aromatic carboxylic acids is 1. The van der Waals surface area contributed by atoms with E-state index in [0.717, 1.165) is 153 Å². The first-order valence-corrected chi connectivity index (χ1v) is 30.7. The van der Waals surface area contributed by atoms with Crippen LogP contribution in [0, 0.1) is 0 Å². The molecule has 2 saturated carbocycles. The lowest BCUT2D eigenvalue weighted by Gasteiger charge is -2.39. The quantitative estimate of drug-likeness (QED) is 0.0774. The van der Waals surface area contributed by atoms with Crippen LogP contribution in [-0.4, -0.2) is 94.9 Å².